The van der Waals surface area contributed by atoms with Crippen molar-refractivity contribution in [3.63, 3.8) is 0 Å². The summed E-state index contributed by atoms with van der Waals surface area (Å²) in [6, 6.07) is 7.25. The number of carbonyl (C=O) groups is 1. The monoisotopic (exact) mass is 327 g/mol. The molecule has 1 unspecified atom stereocenters. The van der Waals surface area contributed by atoms with Crippen LogP contribution in [0.2, 0.25) is 5.02 Å². The smallest absolute Gasteiger partial charge is 0.327 e. The summed E-state index contributed by atoms with van der Waals surface area (Å²) in [7, 11) is 0. The van der Waals surface area contributed by atoms with Crippen LogP contribution < -0.4 is 5.32 Å². The Morgan fingerprint density at radius 2 is 2.29 bits per heavy atom. The Morgan fingerprint density at radius 3 is 2.90 bits per heavy atom. The lowest BCUT2D eigenvalue weighted by Gasteiger charge is -2.18. The van der Waals surface area contributed by atoms with Crippen molar-refractivity contribution in [3.8, 4) is 0 Å². The van der Waals surface area contributed by atoms with Gasteiger partial charge in [-0.1, -0.05) is 23.7 Å². The van der Waals surface area contributed by atoms with Crippen LogP contribution in [0.4, 0.5) is 4.39 Å². The third-order valence-corrected chi connectivity index (χ3v) is 3.97. The van der Waals surface area contributed by atoms with Gasteiger partial charge in [0, 0.05) is 22.0 Å². The van der Waals surface area contributed by atoms with E-state index in [4.69, 9.17) is 16.3 Å². The molecule has 0 amide bonds. The number of esters is 1. The molecule has 0 aliphatic rings. The van der Waals surface area contributed by atoms with Crippen molar-refractivity contribution in [2.45, 2.75) is 19.5 Å². The summed E-state index contributed by atoms with van der Waals surface area (Å²) in [5.74, 6) is -1.03. The van der Waals surface area contributed by atoms with E-state index in [1.807, 2.05) is 17.5 Å². The molecule has 1 heterocycles. The van der Waals surface area contributed by atoms with Crippen LogP contribution in [0.25, 0.3) is 0 Å². The molecule has 0 spiro atoms. The van der Waals surface area contributed by atoms with Crippen LogP contribution in [-0.2, 0) is 16.1 Å². The minimum Gasteiger partial charge on any atom is -0.465 e. The normalized spacial score (nSPS) is 12.1. The van der Waals surface area contributed by atoms with E-state index in [1.165, 1.54) is 12.1 Å². The second-order valence-electron chi connectivity index (χ2n) is 4.31. The maximum atomic E-state index is 14.0. The quantitative estimate of drug-likeness (QED) is 0.817. The Hall–Kier alpha value is -1.43. The third-order valence-electron chi connectivity index (χ3n) is 2.86. The first kappa shape index (κ1) is 15.9. The largest absolute Gasteiger partial charge is 0.465 e. The molecule has 0 fully saturated rings. The Kier molecular flexibility index (Phi) is 5.73. The fourth-order valence-electron chi connectivity index (χ4n) is 1.90. The average Bonchev–Trinajstić information content (AvgIpc) is 2.94. The topological polar surface area (TPSA) is 38.3 Å². The summed E-state index contributed by atoms with van der Waals surface area (Å²) in [6.07, 6.45) is 0. The first-order valence-corrected chi connectivity index (χ1v) is 7.75. The fourth-order valence-corrected chi connectivity index (χ4v) is 2.71. The minimum absolute atomic E-state index is 0.231. The van der Waals surface area contributed by atoms with Crippen LogP contribution in [0.3, 0.4) is 0 Å². The van der Waals surface area contributed by atoms with Gasteiger partial charge in [-0.25, -0.2) is 9.18 Å². The van der Waals surface area contributed by atoms with Crippen molar-refractivity contribution in [2.24, 2.45) is 0 Å². The van der Waals surface area contributed by atoms with E-state index in [0.29, 0.717) is 6.54 Å². The van der Waals surface area contributed by atoms with Crippen molar-refractivity contribution in [1.29, 1.82) is 0 Å². The molecule has 1 aromatic carbocycles. The molecule has 0 bridgehead atoms. The van der Waals surface area contributed by atoms with Crippen molar-refractivity contribution in [2.75, 3.05) is 6.61 Å². The molecular formula is C15H15ClFNO2S. The molecule has 3 nitrogen and oxygen atoms in total. The van der Waals surface area contributed by atoms with Crippen LogP contribution in [-0.4, -0.2) is 12.6 Å². The highest BCUT2D eigenvalue weighted by Gasteiger charge is 2.24. The van der Waals surface area contributed by atoms with E-state index in [-0.39, 0.29) is 17.2 Å². The van der Waals surface area contributed by atoms with Gasteiger partial charge in [0.2, 0.25) is 0 Å². The van der Waals surface area contributed by atoms with Gasteiger partial charge in [-0.2, -0.15) is 0 Å². The van der Waals surface area contributed by atoms with Crippen LogP contribution in [0, 0.1) is 5.82 Å². The van der Waals surface area contributed by atoms with Crippen LogP contribution >= 0.6 is 22.9 Å². The lowest BCUT2D eigenvalue weighted by molar-refractivity contribution is -0.146. The van der Waals surface area contributed by atoms with Gasteiger partial charge in [0.25, 0.3) is 0 Å². The molecule has 21 heavy (non-hydrogen) atoms. The molecule has 0 radical (unpaired) electrons. The predicted molar refractivity (Wildman–Crippen MR) is 81.9 cm³/mol. The first-order valence-electron chi connectivity index (χ1n) is 6.49. The predicted octanol–water partition coefficient (Wildman–Crippen LogP) is 3.93. The zero-order chi connectivity index (χ0) is 15.2. The van der Waals surface area contributed by atoms with E-state index < -0.39 is 17.8 Å². The molecule has 0 aliphatic heterocycles. The van der Waals surface area contributed by atoms with Gasteiger partial charge in [0.1, 0.15) is 11.9 Å². The number of rotatable bonds is 6. The molecule has 6 heteroatoms. The summed E-state index contributed by atoms with van der Waals surface area (Å²) < 4.78 is 19.1. The number of carbonyl (C=O) groups excluding carboxylic acids is 1. The molecule has 0 saturated carbocycles. The van der Waals surface area contributed by atoms with Crippen molar-refractivity contribution >= 4 is 28.9 Å². The lowest BCUT2D eigenvalue weighted by Crippen LogP contribution is -2.30. The van der Waals surface area contributed by atoms with Gasteiger partial charge in [-0.3, -0.25) is 5.32 Å². The van der Waals surface area contributed by atoms with E-state index in [0.717, 1.165) is 4.88 Å². The van der Waals surface area contributed by atoms with Gasteiger partial charge >= 0.3 is 5.97 Å². The number of benzene rings is 1. The maximum Gasteiger partial charge on any atom is 0.327 e. The molecular weight excluding hydrogens is 313 g/mol. The molecule has 2 rings (SSSR count). The molecule has 112 valence electrons. The van der Waals surface area contributed by atoms with Crippen LogP contribution in [0.5, 0.6) is 0 Å². The summed E-state index contributed by atoms with van der Waals surface area (Å²) in [5, 5.41) is 5.27. The average molecular weight is 328 g/mol. The number of hydrogen-bond donors (Lipinski definition) is 1. The maximum absolute atomic E-state index is 14.0. The van der Waals surface area contributed by atoms with E-state index >= 15 is 0 Å². The van der Waals surface area contributed by atoms with Crippen molar-refractivity contribution in [3.05, 3.63) is 57.0 Å². The van der Waals surface area contributed by atoms with Crippen LogP contribution in [0.15, 0.2) is 35.7 Å². The summed E-state index contributed by atoms with van der Waals surface area (Å²) in [4.78, 5) is 13.1. The van der Waals surface area contributed by atoms with Gasteiger partial charge in [0.05, 0.1) is 6.61 Å². The summed E-state index contributed by atoms with van der Waals surface area (Å²) in [5.41, 5.74) is 0.231. The van der Waals surface area contributed by atoms with E-state index in [1.54, 1.807) is 24.3 Å². The van der Waals surface area contributed by atoms with Crippen molar-refractivity contribution in [1.82, 2.24) is 5.32 Å². The van der Waals surface area contributed by atoms with Crippen LogP contribution in [0.1, 0.15) is 23.4 Å². The van der Waals surface area contributed by atoms with Gasteiger partial charge in [0.15, 0.2) is 0 Å². The summed E-state index contributed by atoms with van der Waals surface area (Å²) >= 11 is 7.31. The summed E-state index contributed by atoms with van der Waals surface area (Å²) in [6.45, 7) is 2.42. The molecule has 1 atom stereocenters. The zero-order valence-electron chi connectivity index (χ0n) is 11.4. The highest BCUT2D eigenvalue weighted by atomic mass is 35.5. The second-order valence-corrected chi connectivity index (χ2v) is 5.78. The zero-order valence-corrected chi connectivity index (χ0v) is 13.0. The lowest BCUT2D eigenvalue weighted by atomic mass is 10.1. The molecule has 0 saturated heterocycles. The Labute approximate surface area is 131 Å². The molecule has 1 aromatic heterocycles. The van der Waals surface area contributed by atoms with Crippen molar-refractivity contribution < 1.29 is 13.9 Å². The van der Waals surface area contributed by atoms with Gasteiger partial charge in [-0.15, -0.1) is 11.3 Å². The fraction of sp³-hybridized carbons (Fsp3) is 0.267. The number of ether oxygens (including phenoxy) is 1. The molecule has 1 N–H and O–H groups in total. The van der Waals surface area contributed by atoms with E-state index in [9.17, 15) is 9.18 Å². The number of hydrogen-bond acceptors (Lipinski definition) is 4. The highest BCUT2D eigenvalue weighted by Crippen LogP contribution is 2.23. The minimum atomic E-state index is -0.857. The first-order chi connectivity index (χ1) is 10.1. The standard InChI is InChI=1S/C15H15ClFNO2S/c1-2-20-15(19)14(18-9-11-4-3-7-21-11)12-6-5-10(16)8-13(12)17/h3-8,14,18H,2,9H2,1H3. The molecule has 2 aromatic rings. The van der Waals surface area contributed by atoms with Gasteiger partial charge < -0.3 is 4.74 Å². The Morgan fingerprint density at radius 1 is 1.48 bits per heavy atom. The number of halogens is 2. The van der Waals surface area contributed by atoms with Gasteiger partial charge in [-0.05, 0) is 30.5 Å². The molecule has 0 aliphatic carbocycles. The Balaban J connectivity index is 2.20. The van der Waals surface area contributed by atoms with E-state index in [2.05, 4.69) is 5.32 Å². The second kappa shape index (κ2) is 7.54. The number of thiophene rings is 1. The number of nitrogens with one attached hydrogen (secondary N) is 1. The Bertz CT molecular complexity index is 604. The third kappa shape index (κ3) is 4.27. The SMILES string of the molecule is CCOC(=O)C(NCc1cccs1)c1ccc(Cl)cc1F. The highest BCUT2D eigenvalue weighted by molar-refractivity contribution is 7.09.